The molecule has 0 aliphatic carbocycles. The first-order valence-corrected chi connectivity index (χ1v) is 4.44. The van der Waals surface area contributed by atoms with E-state index in [0.29, 0.717) is 5.75 Å². The highest BCUT2D eigenvalue weighted by atomic mass is 16.3. The van der Waals surface area contributed by atoms with Crippen molar-refractivity contribution in [2.24, 2.45) is 0 Å². The standard InChI is InChI=1S/C11H17NO/c1-8-6-9(2)11(13)7-10(8)12(3,4)5/h6-7H,1-5H3/p+1. The van der Waals surface area contributed by atoms with Gasteiger partial charge >= 0.3 is 0 Å². The molecule has 13 heavy (non-hydrogen) atoms. The molecule has 2 heteroatoms. The predicted octanol–water partition coefficient (Wildman–Crippen LogP) is 2.21. The SMILES string of the molecule is Cc1cc(C)c([N+](C)(C)C)cc1O. The van der Waals surface area contributed by atoms with Gasteiger partial charge in [0.15, 0.2) is 0 Å². The zero-order valence-corrected chi connectivity index (χ0v) is 9.05. The highest BCUT2D eigenvalue weighted by Crippen LogP contribution is 2.29. The van der Waals surface area contributed by atoms with E-state index in [1.807, 2.05) is 19.1 Å². The monoisotopic (exact) mass is 180 g/mol. The van der Waals surface area contributed by atoms with Crippen molar-refractivity contribution in [3.8, 4) is 5.75 Å². The van der Waals surface area contributed by atoms with E-state index in [-0.39, 0.29) is 0 Å². The third kappa shape index (κ3) is 2.01. The fourth-order valence-electron chi connectivity index (χ4n) is 1.55. The lowest BCUT2D eigenvalue weighted by Gasteiger charge is -2.25. The Hall–Kier alpha value is -1.02. The highest BCUT2D eigenvalue weighted by molar-refractivity contribution is 5.55. The van der Waals surface area contributed by atoms with Crippen LogP contribution in [0.2, 0.25) is 0 Å². The molecule has 0 aliphatic heterocycles. The third-order valence-electron chi connectivity index (χ3n) is 2.24. The molecule has 0 bridgehead atoms. The molecule has 0 atom stereocenters. The number of rotatable bonds is 1. The van der Waals surface area contributed by atoms with Crippen LogP contribution in [0.3, 0.4) is 0 Å². The van der Waals surface area contributed by atoms with E-state index < -0.39 is 0 Å². The van der Waals surface area contributed by atoms with Gasteiger partial charge in [0.1, 0.15) is 11.4 Å². The average Bonchev–Trinajstić information content (AvgIpc) is 1.94. The van der Waals surface area contributed by atoms with Crippen LogP contribution in [0.1, 0.15) is 11.1 Å². The second kappa shape index (κ2) is 3.04. The lowest BCUT2D eigenvalue weighted by atomic mass is 10.1. The van der Waals surface area contributed by atoms with Crippen LogP contribution in [0, 0.1) is 13.8 Å². The van der Waals surface area contributed by atoms with Crippen molar-refractivity contribution in [1.82, 2.24) is 4.48 Å². The molecule has 1 aromatic carbocycles. The summed E-state index contributed by atoms with van der Waals surface area (Å²) in [7, 11) is 6.28. The minimum absolute atomic E-state index is 0.383. The molecule has 0 fully saturated rings. The minimum Gasteiger partial charge on any atom is -0.507 e. The second-order valence-electron chi connectivity index (χ2n) is 4.44. The molecule has 0 saturated heterocycles. The molecule has 72 valence electrons. The molecule has 0 aromatic heterocycles. The van der Waals surface area contributed by atoms with Gasteiger partial charge in [-0.2, -0.15) is 0 Å². The van der Waals surface area contributed by atoms with Crippen molar-refractivity contribution in [3.05, 3.63) is 23.3 Å². The van der Waals surface area contributed by atoms with Crippen molar-refractivity contribution in [3.63, 3.8) is 0 Å². The van der Waals surface area contributed by atoms with E-state index in [4.69, 9.17) is 0 Å². The largest absolute Gasteiger partial charge is 0.507 e. The van der Waals surface area contributed by atoms with Crippen LogP contribution in [0.4, 0.5) is 5.69 Å². The van der Waals surface area contributed by atoms with Crippen molar-refractivity contribution in [2.75, 3.05) is 21.1 Å². The van der Waals surface area contributed by atoms with Gasteiger partial charge in [-0.1, -0.05) is 0 Å². The van der Waals surface area contributed by atoms with Crippen molar-refractivity contribution in [2.45, 2.75) is 13.8 Å². The van der Waals surface area contributed by atoms with Crippen LogP contribution in [0.5, 0.6) is 5.75 Å². The number of quaternary nitrogens is 1. The summed E-state index contributed by atoms with van der Waals surface area (Å²) in [6.07, 6.45) is 0. The number of hydrogen-bond acceptors (Lipinski definition) is 1. The average molecular weight is 180 g/mol. The molecule has 0 heterocycles. The highest BCUT2D eigenvalue weighted by Gasteiger charge is 2.16. The molecule has 0 aliphatic rings. The van der Waals surface area contributed by atoms with Gasteiger partial charge in [0, 0.05) is 11.6 Å². The van der Waals surface area contributed by atoms with Gasteiger partial charge in [0.05, 0.1) is 21.1 Å². The number of nitrogens with zero attached hydrogens (tertiary/aromatic N) is 1. The number of aryl methyl sites for hydroxylation is 2. The van der Waals surface area contributed by atoms with Crippen LogP contribution >= 0.6 is 0 Å². The molecule has 1 rings (SSSR count). The summed E-state index contributed by atoms with van der Waals surface area (Å²) in [5, 5.41) is 9.58. The maximum absolute atomic E-state index is 9.58. The predicted molar refractivity (Wildman–Crippen MR) is 57.1 cm³/mol. The van der Waals surface area contributed by atoms with Crippen molar-refractivity contribution < 1.29 is 5.11 Å². The number of phenols is 1. The minimum atomic E-state index is 0.383. The Bertz CT molecular complexity index is 324. The van der Waals surface area contributed by atoms with E-state index >= 15 is 0 Å². The van der Waals surface area contributed by atoms with Gasteiger partial charge in [-0.25, -0.2) is 0 Å². The molecule has 1 aromatic rings. The van der Waals surface area contributed by atoms with Crippen LogP contribution in [-0.4, -0.2) is 26.2 Å². The first-order chi connectivity index (χ1) is 5.82. The van der Waals surface area contributed by atoms with Gasteiger partial charge in [0.2, 0.25) is 0 Å². The second-order valence-corrected chi connectivity index (χ2v) is 4.44. The molecule has 0 saturated carbocycles. The van der Waals surface area contributed by atoms with E-state index in [1.54, 1.807) is 0 Å². The number of hydrogen-bond donors (Lipinski definition) is 1. The molecule has 0 radical (unpaired) electrons. The van der Waals surface area contributed by atoms with E-state index in [2.05, 4.69) is 28.1 Å². The van der Waals surface area contributed by atoms with Crippen LogP contribution in [0.25, 0.3) is 0 Å². The fraction of sp³-hybridized carbons (Fsp3) is 0.455. The summed E-state index contributed by atoms with van der Waals surface area (Å²) in [5.41, 5.74) is 3.32. The maximum Gasteiger partial charge on any atom is 0.138 e. The number of phenolic OH excluding ortho intramolecular Hbond substituents is 1. The summed E-state index contributed by atoms with van der Waals surface area (Å²) >= 11 is 0. The fourth-order valence-corrected chi connectivity index (χ4v) is 1.55. The number of aromatic hydroxyl groups is 1. The molecular weight excluding hydrogens is 162 g/mol. The van der Waals surface area contributed by atoms with Crippen LogP contribution in [-0.2, 0) is 0 Å². The molecule has 0 unspecified atom stereocenters. The van der Waals surface area contributed by atoms with E-state index in [0.717, 1.165) is 15.7 Å². The van der Waals surface area contributed by atoms with Crippen molar-refractivity contribution >= 4 is 5.69 Å². The van der Waals surface area contributed by atoms with E-state index in [9.17, 15) is 5.11 Å². The first-order valence-electron chi connectivity index (χ1n) is 4.44. The summed E-state index contributed by atoms with van der Waals surface area (Å²) in [5.74, 6) is 0.383. The Morgan fingerprint density at radius 3 is 2.00 bits per heavy atom. The first kappa shape index (κ1) is 10.1. The molecule has 2 nitrogen and oxygen atoms in total. The van der Waals surface area contributed by atoms with Crippen molar-refractivity contribution in [1.29, 1.82) is 0 Å². The summed E-state index contributed by atoms with van der Waals surface area (Å²) in [4.78, 5) is 0. The van der Waals surface area contributed by atoms with E-state index in [1.165, 1.54) is 5.56 Å². The lowest BCUT2D eigenvalue weighted by molar-refractivity contribution is 0.456. The summed E-state index contributed by atoms with van der Waals surface area (Å²) in [6, 6.07) is 3.87. The van der Waals surface area contributed by atoms with Gasteiger partial charge in [-0.15, -0.1) is 0 Å². The zero-order chi connectivity index (χ0) is 10.2. The Morgan fingerprint density at radius 1 is 1.00 bits per heavy atom. The quantitative estimate of drug-likeness (QED) is 0.657. The Morgan fingerprint density at radius 2 is 1.54 bits per heavy atom. The summed E-state index contributed by atoms with van der Waals surface area (Å²) in [6.45, 7) is 3.99. The molecule has 0 spiro atoms. The molecular formula is C11H18NO+. The normalized spacial score (nSPS) is 11.8. The Labute approximate surface area is 80.0 Å². The van der Waals surface area contributed by atoms with Gasteiger partial charge in [-0.05, 0) is 25.5 Å². The third-order valence-corrected chi connectivity index (χ3v) is 2.24. The van der Waals surface area contributed by atoms with Gasteiger partial charge < -0.3 is 5.11 Å². The van der Waals surface area contributed by atoms with Gasteiger partial charge in [0.25, 0.3) is 0 Å². The number of benzene rings is 1. The summed E-state index contributed by atoms with van der Waals surface area (Å²) < 4.78 is 0.736. The van der Waals surface area contributed by atoms with Crippen LogP contribution in [0.15, 0.2) is 12.1 Å². The Kier molecular flexibility index (Phi) is 2.35. The molecule has 1 N–H and O–H groups in total. The Balaban J connectivity index is 3.32. The zero-order valence-electron chi connectivity index (χ0n) is 9.05. The lowest BCUT2D eigenvalue weighted by Crippen LogP contribution is -2.35. The topological polar surface area (TPSA) is 20.2 Å². The van der Waals surface area contributed by atoms with Gasteiger partial charge in [-0.3, -0.25) is 4.48 Å². The molecule has 0 amide bonds. The maximum atomic E-state index is 9.58. The van der Waals surface area contributed by atoms with Crippen LogP contribution < -0.4 is 4.48 Å². The smallest absolute Gasteiger partial charge is 0.138 e.